The van der Waals surface area contributed by atoms with Crippen molar-refractivity contribution in [2.75, 3.05) is 20.7 Å². The summed E-state index contributed by atoms with van der Waals surface area (Å²) in [5.41, 5.74) is 0.176. The second-order valence-corrected chi connectivity index (χ2v) is 9.72. The van der Waals surface area contributed by atoms with Gasteiger partial charge in [0.2, 0.25) is 5.91 Å². The van der Waals surface area contributed by atoms with E-state index < -0.39 is 29.8 Å². The van der Waals surface area contributed by atoms with Crippen molar-refractivity contribution in [1.29, 1.82) is 0 Å². The quantitative estimate of drug-likeness (QED) is 0.423. The van der Waals surface area contributed by atoms with Crippen LogP contribution in [0.15, 0.2) is 30.3 Å². The van der Waals surface area contributed by atoms with Crippen molar-refractivity contribution in [3.63, 3.8) is 0 Å². The third kappa shape index (κ3) is 9.84. The van der Waals surface area contributed by atoms with E-state index in [0.29, 0.717) is 25.7 Å². The number of alkyl carbamates (subject to hydrolysis) is 1. The zero-order valence-corrected chi connectivity index (χ0v) is 21.2. The first-order valence-electron chi connectivity index (χ1n) is 11.8. The lowest BCUT2D eigenvalue weighted by molar-refractivity contribution is -0.145. The molecule has 2 N–H and O–H groups in total. The summed E-state index contributed by atoms with van der Waals surface area (Å²) in [6, 6.07) is 8.38. The standard InChI is InChI=1S/C25H37N3O7/c1-25(2,3)35-23(31)27-21(22(30)33-5)18-11-13-19(14-12-18)26-20(29)15-28(4)24(32)34-16-17-9-7-6-8-10-17/h6-10,18-19,21H,11-16H2,1-5H3,(H,26,29)(H,27,31)/t18?,19?,21-/m0/s1. The van der Waals surface area contributed by atoms with Crippen LogP contribution in [0.1, 0.15) is 52.0 Å². The highest BCUT2D eigenvalue weighted by molar-refractivity contribution is 5.83. The van der Waals surface area contributed by atoms with Gasteiger partial charge in [-0.05, 0) is 57.9 Å². The summed E-state index contributed by atoms with van der Waals surface area (Å²) in [5.74, 6) is -0.957. The number of rotatable bonds is 8. The molecule has 0 bridgehead atoms. The maximum absolute atomic E-state index is 12.4. The Kier molecular flexibility index (Phi) is 10.4. The lowest BCUT2D eigenvalue weighted by atomic mass is 9.81. The van der Waals surface area contributed by atoms with Gasteiger partial charge in [0.05, 0.1) is 7.11 Å². The Labute approximate surface area is 206 Å². The summed E-state index contributed by atoms with van der Waals surface area (Å²) in [5, 5.41) is 5.57. The lowest BCUT2D eigenvalue weighted by Gasteiger charge is -2.33. The summed E-state index contributed by atoms with van der Waals surface area (Å²) in [4.78, 5) is 50.3. The molecule has 0 spiro atoms. The van der Waals surface area contributed by atoms with Gasteiger partial charge >= 0.3 is 18.2 Å². The van der Waals surface area contributed by atoms with Crippen molar-refractivity contribution in [2.24, 2.45) is 5.92 Å². The van der Waals surface area contributed by atoms with E-state index in [1.807, 2.05) is 30.3 Å². The Balaban J connectivity index is 1.78. The number of methoxy groups -OCH3 is 1. The highest BCUT2D eigenvalue weighted by Crippen LogP contribution is 2.28. The zero-order valence-electron chi connectivity index (χ0n) is 21.2. The maximum Gasteiger partial charge on any atom is 0.410 e. The highest BCUT2D eigenvalue weighted by atomic mass is 16.6. The molecule has 1 fully saturated rings. The first-order valence-corrected chi connectivity index (χ1v) is 11.8. The molecular weight excluding hydrogens is 454 g/mol. The Morgan fingerprint density at radius 2 is 1.69 bits per heavy atom. The average molecular weight is 492 g/mol. The number of amides is 3. The molecule has 1 atom stereocenters. The third-order valence-corrected chi connectivity index (χ3v) is 5.63. The van der Waals surface area contributed by atoms with Crippen LogP contribution in [0.4, 0.5) is 9.59 Å². The zero-order chi connectivity index (χ0) is 26.0. The van der Waals surface area contributed by atoms with Gasteiger partial charge in [-0.15, -0.1) is 0 Å². The fraction of sp³-hybridized carbons (Fsp3) is 0.600. The van der Waals surface area contributed by atoms with Crippen molar-refractivity contribution in [2.45, 2.75) is 70.7 Å². The van der Waals surface area contributed by atoms with Gasteiger partial charge in [-0.2, -0.15) is 0 Å². The Morgan fingerprint density at radius 1 is 1.06 bits per heavy atom. The molecule has 3 amide bonds. The molecule has 35 heavy (non-hydrogen) atoms. The minimum absolute atomic E-state index is 0.0905. The van der Waals surface area contributed by atoms with Gasteiger partial charge in [-0.25, -0.2) is 14.4 Å². The van der Waals surface area contributed by atoms with Gasteiger partial charge in [-0.1, -0.05) is 30.3 Å². The van der Waals surface area contributed by atoms with Gasteiger partial charge < -0.3 is 29.7 Å². The Morgan fingerprint density at radius 3 is 2.26 bits per heavy atom. The van der Waals surface area contributed by atoms with E-state index in [1.165, 1.54) is 19.1 Å². The molecule has 1 aliphatic carbocycles. The molecule has 0 radical (unpaired) electrons. The van der Waals surface area contributed by atoms with Crippen molar-refractivity contribution < 1.29 is 33.4 Å². The number of carbonyl (C=O) groups excluding carboxylic acids is 4. The minimum Gasteiger partial charge on any atom is -0.467 e. The van der Waals surface area contributed by atoms with Gasteiger partial charge in [0.1, 0.15) is 24.8 Å². The topological polar surface area (TPSA) is 123 Å². The molecular formula is C25H37N3O7. The molecule has 194 valence electrons. The predicted molar refractivity (Wildman–Crippen MR) is 128 cm³/mol. The number of likely N-dealkylation sites (N-methyl/N-ethyl adjacent to an activating group) is 1. The van der Waals surface area contributed by atoms with Crippen LogP contribution < -0.4 is 10.6 Å². The minimum atomic E-state index is -0.822. The van der Waals surface area contributed by atoms with E-state index in [9.17, 15) is 19.2 Å². The second kappa shape index (κ2) is 13.0. The van der Waals surface area contributed by atoms with E-state index >= 15 is 0 Å². The van der Waals surface area contributed by atoms with Gasteiger partial charge in [0.15, 0.2) is 0 Å². The molecule has 10 heteroatoms. The second-order valence-electron chi connectivity index (χ2n) is 9.72. The molecule has 0 aromatic heterocycles. The van der Waals surface area contributed by atoms with Gasteiger partial charge in [-0.3, -0.25) is 4.79 Å². The normalized spacial score (nSPS) is 18.5. The number of hydrogen-bond donors (Lipinski definition) is 2. The summed E-state index contributed by atoms with van der Waals surface area (Å²) >= 11 is 0. The van der Waals surface area contributed by atoms with E-state index in [1.54, 1.807) is 20.8 Å². The van der Waals surface area contributed by atoms with Crippen LogP contribution in [0.5, 0.6) is 0 Å². The number of esters is 1. The van der Waals surface area contributed by atoms with E-state index in [2.05, 4.69) is 10.6 Å². The first-order chi connectivity index (χ1) is 16.5. The molecule has 1 aliphatic rings. The number of ether oxygens (including phenoxy) is 3. The molecule has 2 rings (SSSR count). The smallest absolute Gasteiger partial charge is 0.410 e. The monoisotopic (exact) mass is 491 g/mol. The summed E-state index contributed by atoms with van der Waals surface area (Å²) < 4.78 is 15.4. The number of nitrogens with zero attached hydrogens (tertiary/aromatic N) is 1. The van der Waals surface area contributed by atoms with Crippen LogP contribution in [0, 0.1) is 5.92 Å². The number of carbonyl (C=O) groups is 4. The molecule has 0 heterocycles. The SMILES string of the molecule is COC(=O)[C@@H](NC(=O)OC(C)(C)C)C1CCC(NC(=O)CN(C)C(=O)OCc2ccccc2)CC1. The number of benzene rings is 1. The highest BCUT2D eigenvalue weighted by Gasteiger charge is 2.35. The summed E-state index contributed by atoms with van der Waals surface area (Å²) in [6.07, 6.45) is 1.21. The van der Waals surface area contributed by atoms with Crippen molar-refractivity contribution >= 4 is 24.1 Å². The van der Waals surface area contributed by atoms with Crippen LogP contribution >= 0.6 is 0 Å². The Hall–Kier alpha value is -3.30. The van der Waals surface area contributed by atoms with E-state index in [-0.39, 0.29) is 31.0 Å². The summed E-state index contributed by atoms with van der Waals surface area (Å²) in [6.45, 7) is 5.24. The fourth-order valence-electron chi connectivity index (χ4n) is 3.91. The largest absolute Gasteiger partial charge is 0.467 e. The number of nitrogens with one attached hydrogen (secondary N) is 2. The van der Waals surface area contributed by atoms with Crippen LogP contribution in [-0.2, 0) is 30.4 Å². The van der Waals surface area contributed by atoms with Crippen LogP contribution in [0.2, 0.25) is 0 Å². The van der Waals surface area contributed by atoms with Crippen molar-refractivity contribution in [3.8, 4) is 0 Å². The van der Waals surface area contributed by atoms with Crippen LogP contribution in [0.3, 0.4) is 0 Å². The predicted octanol–water partition coefficient (Wildman–Crippen LogP) is 3.00. The Bertz CT molecular complexity index is 862. The van der Waals surface area contributed by atoms with Crippen molar-refractivity contribution in [3.05, 3.63) is 35.9 Å². The van der Waals surface area contributed by atoms with Crippen molar-refractivity contribution in [1.82, 2.24) is 15.5 Å². The van der Waals surface area contributed by atoms with Crippen LogP contribution in [0.25, 0.3) is 0 Å². The lowest BCUT2D eigenvalue weighted by Crippen LogP contribution is -2.50. The molecule has 0 aliphatic heterocycles. The van der Waals surface area contributed by atoms with Gasteiger partial charge in [0.25, 0.3) is 0 Å². The molecule has 1 aromatic carbocycles. The molecule has 1 saturated carbocycles. The molecule has 0 saturated heterocycles. The third-order valence-electron chi connectivity index (χ3n) is 5.63. The fourth-order valence-corrected chi connectivity index (χ4v) is 3.91. The maximum atomic E-state index is 12.4. The van der Waals surface area contributed by atoms with Gasteiger partial charge in [0, 0.05) is 13.1 Å². The van der Waals surface area contributed by atoms with Crippen LogP contribution in [-0.4, -0.2) is 67.3 Å². The molecule has 0 unspecified atom stereocenters. The summed E-state index contributed by atoms with van der Waals surface area (Å²) in [7, 11) is 2.78. The van der Waals surface area contributed by atoms with E-state index in [4.69, 9.17) is 14.2 Å². The first kappa shape index (κ1) is 27.9. The van der Waals surface area contributed by atoms with E-state index in [0.717, 1.165) is 5.56 Å². The molecule has 10 nitrogen and oxygen atoms in total. The average Bonchev–Trinajstić information content (AvgIpc) is 2.80. The number of hydrogen-bond acceptors (Lipinski definition) is 7. The molecule has 1 aromatic rings.